The van der Waals surface area contributed by atoms with E-state index in [0.717, 1.165) is 31.7 Å². The molecule has 0 spiro atoms. The Kier molecular flexibility index (Phi) is 7.74. The van der Waals surface area contributed by atoms with Crippen molar-refractivity contribution in [2.24, 2.45) is 0 Å². The zero-order chi connectivity index (χ0) is 15.4. The number of pyridine rings is 2. The number of amides is 1. The molecule has 3 N–H and O–H groups in total. The van der Waals surface area contributed by atoms with Gasteiger partial charge in [0.1, 0.15) is 11.5 Å². The number of rotatable bonds is 3. The first-order chi connectivity index (χ1) is 10.7. The smallest absolute Gasteiger partial charge is 0.270 e. The Balaban J connectivity index is 0.00000144. The lowest BCUT2D eigenvalue weighted by atomic mass is 10.0. The van der Waals surface area contributed by atoms with Crippen molar-refractivity contribution in [2.75, 3.05) is 23.7 Å². The van der Waals surface area contributed by atoms with Crippen molar-refractivity contribution >= 4 is 42.2 Å². The summed E-state index contributed by atoms with van der Waals surface area (Å²) >= 11 is 0. The molecule has 2 aromatic heterocycles. The van der Waals surface area contributed by atoms with Gasteiger partial charge in [0, 0.05) is 25.3 Å². The summed E-state index contributed by atoms with van der Waals surface area (Å²) in [6, 6.07) is 9.42. The molecule has 24 heavy (non-hydrogen) atoms. The first-order valence-corrected chi connectivity index (χ1v) is 7.41. The standard InChI is InChI=1S/C16H19N5O.2ClH/c17-12-4-5-14(19-11-12)16(22)20-13-6-9-21(10-7-13)15-3-1-2-8-18-15;;/h1-5,8,11,13H,6-7,9-10,17H2,(H,20,22);2*1H. The zero-order valence-electron chi connectivity index (χ0n) is 13.1. The number of nitrogens with zero attached hydrogens (tertiary/aromatic N) is 3. The highest BCUT2D eigenvalue weighted by molar-refractivity contribution is 5.92. The largest absolute Gasteiger partial charge is 0.397 e. The first kappa shape index (κ1) is 20.0. The quantitative estimate of drug-likeness (QED) is 0.866. The highest BCUT2D eigenvalue weighted by atomic mass is 35.5. The number of hydrogen-bond acceptors (Lipinski definition) is 5. The molecule has 0 unspecified atom stereocenters. The van der Waals surface area contributed by atoms with Crippen molar-refractivity contribution in [3.05, 3.63) is 48.4 Å². The lowest BCUT2D eigenvalue weighted by molar-refractivity contribution is 0.0926. The van der Waals surface area contributed by atoms with Gasteiger partial charge in [-0.05, 0) is 37.1 Å². The molecular formula is C16H21Cl2N5O. The minimum atomic E-state index is -0.142. The van der Waals surface area contributed by atoms with Crippen LogP contribution >= 0.6 is 24.8 Å². The van der Waals surface area contributed by atoms with Crippen molar-refractivity contribution in [3.8, 4) is 0 Å². The molecule has 0 radical (unpaired) electrons. The predicted octanol–water partition coefficient (Wildman–Crippen LogP) is 2.30. The van der Waals surface area contributed by atoms with Crippen LogP contribution in [0.2, 0.25) is 0 Å². The van der Waals surface area contributed by atoms with E-state index in [9.17, 15) is 4.79 Å². The van der Waals surface area contributed by atoms with Gasteiger partial charge in [0.15, 0.2) is 0 Å². The topological polar surface area (TPSA) is 84.1 Å². The van der Waals surface area contributed by atoms with E-state index in [1.807, 2.05) is 18.2 Å². The van der Waals surface area contributed by atoms with Crippen LogP contribution in [0.15, 0.2) is 42.7 Å². The summed E-state index contributed by atoms with van der Waals surface area (Å²) in [6.45, 7) is 1.77. The number of nitrogens with one attached hydrogen (secondary N) is 1. The molecule has 1 amide bonds. The highest BCUT2D eigenvalue weighted by Gasteiger charge is 2.22. The van der Waals surface area contributed by atoms with Crippen LogP contribution in [0.4, 0.5) is 11.5 Å². The van der Waals surface area contributed by atoms with Gasteiger partial charge in [-0.15, -0.1) is 24.8 Å². The molecule has 6 nitrogen and oxygen atoms in total. The molecule has 1 fully saturated rings. The van der Waals surface area contributed by atoms with Crippen molar-refractivity contribution in [1.29, 1.82) is 0 Å². The van der Waals surface area contributed by atoms with Gasteiger partial charge in [-0.3, -0.25) is 4.79 Å². The predicted molar refractivity (Wildman–Crippen MR) is 100 cm³/mol. The third kappa shape index (κ3) is 4.97. The minimum absolute atomic E-state index is 0. The Morgan fingerprint density at radius 3 is 2.46 bits per heavy atom. The van der Waals surface area contributed by atoms with Gasteiger partial charge in [-0.2, -0.15) is 0 Å². The third-order valence-electron chi connectivity index (χ3n) is 3.82. The molecule has 1 saturated heterocycles. The van der Waals surface area contributed by atoms with Gasteiger partial charge in [0.05, 0.1) is 11.9 Å². The summed E-state index contributed by atoms with van der Waals surface area (Å²) < 4.78 is 0. The fraction of sp³-hybridized carbons (Fsp3) is 0.312. The van der Waals surface area contributed by atoms with E-state index in [0.29, 0.717) is 11.4 Å². The van der Waals surface area contributed by atoms with Gasteiger partial charge < -0.3 is 16.0 Å². The van der Waals surface area contributed by atoms with Crippen LogP contribution in [0, 0.1) is 0 Å². The van der Waals surface area contributed by atoms with Crippen LogP contribution < -0.4 is 16.0 Å². The van der Waals surface area contributed by atoms with Crippen molar-refractivity contribution in [2.45, 2.75) is 18.9 Å². The van der Waals surface area contributed by atoms with Crippen LogP contribution in [0.3, 0.4) is 0 Å². The van der Waals surface area contributed by atoms with E-state index >= 15 is 0 Å². The van der Waals surface area contributed by atoms with E-state index in [2.05, 4.69) is 20.2 Å². The maximum atomic E-state index is 12.1. The lowest BCUT2D eigenvalue weighted by Crippen LogP contribution is -2.45. The molecule has 0 aromatic carbocycles. The summed E-state index contributed by atoms with van der Waals surface area (Å²) in [5.74, 6) is 0.851. The molecule has 3 rings (SSSR count). The molecule has 0 aliphatic carbocycles. The molecule has 8 heteroatoms. The number of aromatic nitrogens is 2. The van der Waals surface area contributed by atoms with Gasteiger partial charge in [-0.25, -0.2) is 9.97 Å². The van der Waals surface area contributed by atoms with Crippen LogP contribution in [-0.2, 0) is 0 Å². The Morgan fingerprint density at radius 1 is 1.12 bits per heavy atom. The second-order valence-electron chi connectivity index (χ2n) is 5.40. The highest BCUT2D eigenvalue weighted by Crippen LogP contribution is 2.17. The van der Waals surface area contributed by atoms with E-state index in [4.69, 9.17) is 5.73 Å². The zero-order valence-corrected chi connectivity index (χ0v) is 14.7. The Labute approximate surface area is 153 Å². The first-order valence-electron chi connectivity index (χ1n) is 7.41. The Hall–Kier alpha value is -2.05. The fourth-order valence-corrected chi connectivity index (χ4v) is 2.59. The van der Waals surface area contributed by atoms with E-state index in [1.165, 1.54) is 6.20 Å². The Bertz CT molecular complexity index is 631. The van der Waals surface area contributed by atoms with Gasteiger partial charge in [0.2, 0.25) is 0 Å². The average Bonchev–Trinajstić information content (AvgIpc) is 2.57. The van der Waals surface area contributed by atoms with Crippen molar-refractivity contribution < 1.29 is 4.79 Å². The molecular weight excluding hydrogens is 349 g/mol. The summed E-state index contributed by atoms with van der Waals surface area (Å²) in [6.07, 6.45) is 5.10. The molecule has 0 atom stereocenters. The SMILES string of the molecule is Cl.Cl.Nc1ccc(C(=O)NC2CCN(c3ccccn3)CC2)nc1. The second-order valence-corrected chi connectivity index (χ2v) is 5.40. The maximum absolute atomic E-state index is 12.1. The molecule has 130 valence electrons. The number of nitrogens with two attached hydrogens (primary N) is 1. The normalized spacial score (nSPS) is 14.2. The summed E-state index contributed by atoms with van der Waals surface area (Å²) in [4.78, 5) is 22.8. The summed E-state index contributed by atoms with van der Waals surface area (Å²) in [5, 5.41) is 3.04. The average molecular weight is 370 g/mol. The molecule has 0 saturated carbocycles. The molecule has 1 aliphatic rings. The second kappa shape index (κ2) is 9.30. The molecule has 2 aromatic rings. The molecule has 0 bridgehead atoms. The van der Waals surface area contributed by atoms with Crippen molar-refractivity contribution in [3.63, 3.8) is 0 Å². The van der Waals surface area contributed by atoms with E-state index in [1.54, 1.807) is 18.3 Å². The monoisotopic (exact) mass is 369 g/mol. The number of piperidine rings is 1. The number of carbonyl (C=O) groups is 1. The van der Waals surface area contributed by atoms with Crippen molar-refractivity contribution in [1.82, 2.24) is 15.3 Å². The van der Waals surface area contributed by atoms with Crippen LogP contribution in [0.5, 0.6) is 0 Å². The van der Waals surface area contributed by atoms with Crippen LogP contribution in [0.1, 0.15) is 23.3 Å². The minimum Gasteiger partial charge on any atom is -0.397 e. The number of carbonyl (C=O) groups excluding carboxylic acids is 1. The molecule has 3 heterocycles. The van der Waals surface area contributed by atoms with Gasteiger partial charge in [-0.1, -0.05) is 6.07 Å². The van der Waals surface area contributed by atoms with Gasteiger partial charge in [0.25, 0.3) is 5.91 Å². The number of hydrogen-bond donors (Lipinski definition) is 2. The number of halogens is 2. The molecule has 1 aliphatic heterocycles. The summed E-state index contributed by atoms with van der Waals surface area (Å²) in [5.41, 5.74) is 6.54. The van der Waals surface area contributed by atoms with Gasteiger partial charge >= 0.3 is 0 Å². The van der Waals surface area contributed by atoms with E-state index in [-0.39, 0.29) is 36.8 Å². The summed E-state index contributed by atoms with van der Waals surface area (Å²) in [7, 11) is 0. The number of nitrogen functional groups attached to an aromatic ring is 1. The van der Waals surface area contributed by atoms with E-state index < -0.39 is 0 Å². The number of anilines is 2. The van der Waals surface area contributed by atoms with Crippen LogP contribution in [0.25, 0.3) is 0 Å². The fourth-order valence-electron chi connectivity index (χ4n) is 2.59. The van der Waals surface area contributed by atoms with Crippen LogP contribution in [-0.4, -0.2) is 35.0 Å². The lowest BCUT2D eigenvalue weighted by Gasteiger charge is -2.33. The Morgan fingerprint density at radius 2 is 1.88 bits per heavy atom. The maximum Gasteiger partial charge on any atom is 0.270 e. The third-order valence-corrected chi connectivity index (χ3v) is 3.82.